The third-order valence-corrected chi connectivity index (χ3v) is 3.71. The quantitative estimate of drug-likeness (QED) is 0.822. The Morgan fingerprint density at radius 1 is 1.10 bits per heavy atom. The van der Waals surface area contributed by atoms with Crippen LogP contribution in [0.3, 0.4) is 0 Å². The fourth-order valence-electron chi connectivity index (χ4n) is 2.66. The molecule has 0 bridgehead atoms. The molecule has 0 saturated carbocycles. The van der Waals surface area contributed by atoms with E-state index in [1.54, 1.807) is 6.07 Å². The summed E-state index contributed by atoms with van der Waals surface area (Å²) in [5.41, 5.74) is 3.26. The van der Waals surface area contributed by atoms with Gasteiger partial charge in [0.1, 0.15) is 11.4 Å². The number of fused-ring (bicyclic) bond motifs is 1. The summed E-state index contributed by atoms with van der Waals surface area (Å²) in [5.74, 6) is -1.27. The minimum Gasteiger partial charge on any atom is -0.507 e. The van der Waals surface area contributed by atoms with Crippen LogP contribution < -0.4 is 0 Å². The molecule has 1 aliphatic carbocycles. The monoisotopic (exact) mass is 273 g/mol. The first-order valence-electron chi connectivity index (χ1n) is 6.70. The van der Waals surface area contributed by atoms with Crippen molar-refractivity contribution in [2.75, 3.05) is 0 Å². The number of hydrogen-bond donors (Lipinski definition) is 2. The van der Waals surface area contributed by atoms with Gasteiger partial charge in [-0.3, -0.25) is 0 Å². The number of phenols is 1. The van der Waals surface area contributed by atoms with Crippen LogP contribution in [0, 0.1) is 0 Å². The van der Waals surface area contributed by atoms with Crippen molar-refractivity contribution < 1.29 is 19.5 Å². The number of aromatic hydroxyl groups is 1. The number of benzene rings is 1. The lowest BCUT2D eigenvalue weighted by molar-refractivity contribution is 0.0652. The maximum atomic E-state index is 10.8. The Balaban J connectivity index is 2.04. The third kappa shape index (κ3) is 2.27. The zero-order valence-corrected chi connectivity index (χ0v) is 10.9. The molecule has 0 aliphatic heterocycles. The fraction of sp³-hybridized carbons (Fsp3) is 0.333. The van der Waals surface area contributed by atoms with Crippen LogP contribution in [0.25, 0.3) is 11.3 Å². The molecule has 2 aromatic rings. The van der Waals surface area contributed by atoms with Crippen molar-refractivity contribution in [3.63, 3.8) is 0 Å². The summed E-state index contributed by atoms with van der Waals surface area (Å²) in [6.45, 7) is 0. The molecule has 5 nitrogen and oxygen atoms in total. The summed E-state index contributed by atoms with van der Waals surface area (Å²) in [6, 6.07) is 5.01. The summed E-state index contributed by atoms with van der Waals surface area (Å²) in [6.07, 6.45) is 5.42. The molecule has 0 amide bonds. The average molecular weight is 273 g/mol. The van der Waals surface area contributed by atoms with E-state index < -0.39 is 5.97 Å². The molecule has 0 unspecified atom stereocenters. The molecule has 1 aromatic heterocycles. The molecule has 0 atom stereocenters. The highest BCUT2D eigenvalue weighted by Crippen LogP contribution is 2.34. The van der Waals surface area contributed by atoms with Gasteiger partial charge in [-0.05, 0) is 48.9 Å². The zero-order chi connectivity index (χ0) is 14.1. The smallest absolute Gasteiger partial charge is 0.374 e. The topological polar surface area (TPSA) is 83.6 Å². The van der Waals surface area contributed by atoms with E-state index in [4.69, 9.17) is 9.63 Å². The van der Waals surface area contributed by atoms with Crippen LogP contribution in [-0.2, 0) is 12.8 Å². The van der Waals surface area contributed by atoms with Gasteiger partial charge < -0.3 is 14.7 Å². The number of rotatable bonds is 2. The molecule has 104 valence electrons. The summed E-state index contributed by atoms with van der Waals surface area (Å²) >= 11 is 0. The molecule has 1 aliphatic rings. The Labute approximate surface area is 115 Å². The van der Waals surface area contributed by atoms with Crippen LogP contribution in [0.5, 0.6) is 5.75 Å². The minimum atomic E-state index is -1.17. The fourth-order valence-corrected chi connectivity index (χ4v) is 2.66. The molecule has 1 aromatic carbocycles. The first-order valence-corrected chi connectivity index (χ1v) is 6.70. The Hall–Kier alpha value is -2.30. The normalized spacial score (nSPS) is 14.6. The Bertz CT molecular complexity index is 660. The molecule has 5 heteroatoms. The van der Waals surface area contributed by atoms with Crippen LogP contribution in [0.15, 0.2) is 22.7 Å². The third-order valence-electron chi connectivity index (χ3n) is 3.71. The molecule has 1 heterocycles. The lowest BCUT2D eigenvalue weighted by Crippen LogP contribution is -1.93. The van der Waals surface area contributed by atoms with Crippen molar-refractivity contribution in [1.82, 2.24) is 5.16 Å². The first-order chi connectivity index (χ1) is 9.65. The summed E-state index contributed by atoms with van der Waals surface area (Å²) in [5, 5.41) is 22.7. The SMILES string of the molecule is O=C(O)c1cc(-c2cc3c(cc2O)CCCCC3)no1. The van der Waals surface area contributed by atoms with E-state index in [1.807, 2.05) is 6.07 Å². The van der Waals surface area contributed by atoms with Crippen LogP contribution in [0.1, 0.15) is 40.9 Å². The number of aromatic carboxylic acids is 1. The minimum absolute atomic E-state index is 0.121. The van der Waals surface area contributed by atoms with Crippen LogP contribution in [-0.4, -0.2) is 21.3 Å². The van der Waals surface area contributed by atoms with Gasteiger partial charge in [-0.25, -0.2) is 4.79 Å². The molecule has 0 spiro atoms. The summed E-state index contributed by atoms with van der Waals surface area (Å²) in [4.78, 5) is 10.8. The molecule has 0 radical (unpaired) electrons. The van der Waals surface area contributed by atoms with Crippen molar-refractivity contribution in [1.29, 1.82) is 0 Å². The second kappa shape index (κ2) is 5.00. The van der Waals surface area contributed by atoms with Crippen molar-refractivity contribution in [2.24, 2.45) is 0 Å². The first kappa shape index (κ1) is 12.7. The van der Waals surface area contributed by atoms with E-state index in [1.165, 1.54) is 23.6 Å². The Morgan fingerprint density at radius 3 is 2.45 bits per heavy atom. The van der Waals surface area contributed by atoms with E-state index in [0.717, 1.165) is 25.7 Å². The maximum Gasteiger partial charge on any atom is 0.374 e. The van der Waals surface area contributed by atoms with E-state index in [-0.39, 0.29) is 11.5 Å². The second-order valence-corrected chi connectivity index (χ2v) is 5.08. The lowest BCUT2D eigenvalue weighted by atomic mass is 9.97. The van der Waals surface area contributed by atoms with Crippen molar-refractivity contribution in [3.05, 3.63) is 35.1 Å². The van der Waals surface area contributed by atoms with E-state index in [2.05, 4.69) is 5.16 Å². The number of nitrogens with zero attached hydrogens (tertiary/aromatic N) is 1. The number of carboxylic acids is 1. The number of carbonyl (C=O) groups is 1. The van der Waals surface area contributed by atoms with Gasteiger partial charge in [0.15, 0.2) is 0 Å². The van der Waals surface area contributed by atoms with Gasteiger partial charge in [-0.1, -0.05) is 11.6 Å². The predicted molar refractivity (Wildman–Crippen MR) is 71.8 cm³/mol. The lowest BCUT2D eigenvalue weighted by Gasteiger charge is -2.09. The number of hydrogen-bond acceptors (Lipinski definition) is 4. The van der Waals surface area contributed by atoms with Gasteiger partial charge in [0.2, 0.25) is 5.76 Å². The summed E-state index contributed by atoms with van der Waals surface area (Å²) < 4.78 is 4.74. The van der Waals surface area contributed by atoms with E-state index in [9.17, 15) is 9.90 Å². The standard InChI is InChI=1S/C15H15NO4/c17-13-7-10-5-3-1-2-4-9(10)6-11(13)12-8-14(15(18)19)20-16-12/h6-8,17H,1-5H2,(H,18,19). The molecule has 3 rings (SSSR count). The Morgan fingerprint density at radius 2 is 1.80 bits per heavy atom. The number of phenolic OH excluding ortho intramolecular Hbond substituents is 1. The molecular weight excluding hydrogens is 258 g/mol. The Kier molecular flexibility index (Phi) is 3.18. The molecule has 0 saturated heterocycles. The second-order valence-electron chi connectivity index (χ2n) is 5.08. The average Bonchev–Trinajstić information content (AvgIpc) is 2.79. The molecular formula is C15H15NO4. The van der Waals surface area contributed by atoms with Crippen molar-refractivity contribution in [2.45, 2.75) is 32.1 Å². The van der Waals surface area contributed by atoms with Crippen LogP contribution in [0.4, 0.5) is 0 Å². The van der Waals surface area contributed by atoms with E-state index >= 15 is 0 Å². The van der Waals surface area contributed by atoms with Gasteiger partial charge in [0, 0.05) is 11.6 Å². The van der Waals surface area contributed by atoms with Gasteiger partial charge in [-0.2, -0.15) is 0 Å². The highest BCUT2D eigenvalue weighted by molar-refractivity contribution is 5.86. The predicted octanol–water partition coefficient (Wildman–Crippen LogP) is 3.01. The van der Waals surface area contributed by atoms with Crippen molar-refractivity contribution >= 4 is 5.97 Å². The molecule has 0 fully saturated rings. The van der Waals surface area contributed by atoms with Crippen molar-refractivity contribution in [3.8, 4) is 17.0 Å². The number of carboxylic acid groups (broad SMARTS) is 1. The van der Waals surface area contributed by atoms with Gasteiger partial charge in [-0.15, -0.1) is 0 Å². The van der Waals surface area contributed by atoms with Gasteiger partial charge in [0.05, 0.1) is 0 Å². The zero-order valence-electron chi connectivity index (χ0n) is 10.9. The number of aromatic nitrogens is 1. The van der Waals surface area contributed by atoms with Crippen LogP contribution in [0.2, 0.25) is 0 Å². The van der Waals surface area contributed by atoms with Gasteiger partial charge in [0.25, 0.3) is 0 Å². The van der Waals surface area contributed by atoms with E-state index in [0.29, 0.717) is 11.3 Å². The van der Waals surface area contributed by atoms with Gasteiger partial charge >= 0.3 is 5.97 Å². The largest absolute Gasteiger partial charge is 0.507 e. The molecule has 2 N–H and O–H groups in total. The maximum absolute atomic E-state index is 10.8. The number of aryl methyl sites for hydroxylation is 2. The highest BCUT2D eigenvalue weighted by atomic mass is 16.5. The highest BCUT2D eigenvalue weighted by Gasteiger charge is 2.18. The summed E-state index contributed by atoms with van der Waals surface area (Å²) in [7, 11) is 0. The molecule has 20 heavy (non-hydrogen) atoms. The van der Waals surface area contributed by atoms with Crippen LogP contribution >= 0.6 is 0 Å².